The molecule has 1 aromatic carbocycles. The summed E-state index contributed by atoms with van der Waals surface area (Å²) < 4.78 is 22.8. The lowest BCUT2D eigenvalue weighted by Crippen LogP contribution is -2.56. The Labute approximate surface area is 325 Å². The number of nitrogens with one attached hydrogen (secondary N) is 1. The van der Waals surface area contributed by atoms with E-state index < -0.39 is 53.1 Å². The van der Waals surface area contributed by atoms with Crippen LogP contribution in [0.3, 0.4) is 0 Å². The first-order valence-corrected chi connectivity index (χ1v) is 25.6. The van der Waals surface area contributed by atoms with Crippen LogP contribution in [0.2, 0.25) is 36.3 Å². The fourth-order valence-electron chi connectivity index (χ4n) is 5.82. The van der Waals surface area contributed by atoms with Crippen molar-refractivity contribution in [2.75, 3.05) is 19.7 Å². The van der Waals surface area contributed by atoms with Crippen LogP contribution in [-0.4, -0.2) is 102 Å². The van der Waals surface area contributed by atoms with E-state index in [0.717, 1.165) is 44.3 Å². The Kier molecular flexibility index (Phi) is 14.8. The van der Waals surface area contributed by atoms with Crippen molar-refractivity contribution >= 4 is 45.9 Å². The minimum absolute atomic E-state index is 0.0380. The van der Waals surface area contributed by atoms with Gasteiger partial charge in [-0.2, -0.15) is 0 Å². The van der Waals surface area contributed by atoms with Gasteiger partial charge in [0.25, 0.3) is 0 Å². The smallest absolute Gasteiger partial charge is 0.249 e. The largest absolute Gasteiger partial charge is 0.414 e. The molecule has 12 nitrogen and oxygen atoms in total. The summed E-state index contributed by atoms with van der Waals surface area (Å²) in [6.07, 6.45) is 6.43. The lowest BCUT2D eigenvalue weighted by Gasteiger charge is -2.41. The van der Waals surface area contributed by atoms with Gasteiger partial charge in [0.2, 0.25) is 5.91 Å². The van der Waals surface area contributed by atoms with E-state index in [1.165, 1.54) is 6.33 Å². The van der Waals surface area contributed by atoms with Gasteiger partial charge in [0.1, 0.15) is 24.6 Å². The Morgan fingerprint density at radius 3 is 2.22 bits per heavy atom. The van der Waals surface area contributed by atoms with Crippen molar-refractivity contribution in [3.8, 4) is 0 Å². The SMILES string of the molecule is CCCCN(/C=N\c1ncnc2c1ncn2[C@@H]1O[C@H](CO[Si](C)(C)C(C)(C)C)[C@@H](NC(=O)[C@@H](O)Cc2ccccc2)[C@H]1O[Si](C)(C)C(C)(C)C)CCCC. The molecule has 300 valence electrons. The molecule has 1 aliphatic rings. The van der Waals surface area contributed by atoms with Gasteiger partial charge in [-0.25, -0.2) is 19.9 Å². The summed E-state index contributed by atoms with van der Waals surface area (Å²) in [5.41, 5.74) is 1.98. The zero-order valence-corrected chi connectivity index (χ0v) is 36.9. The number of imidazole rings is 1. The van der Waals surface area contributed by atoms with E-state index in [0.29, 0.717) is 17.0 Å². The zero-order valence-electron chi connectivity index (χ0n) is 34.9. The van der Waals surface area contributed by atoms with Crippen molar-refractivity contribution in [1.82, 2.24) is 29.7 Å². The second-order valence-electron chi connectivity index (χ2n) is 17.7. The summed E-state index contributed by atoms with van der Waals surface area (Å²) in [5, 5.41) is 14.2. The molecule has 14 heteroatoms. The third-order valence-corrected chi connectivity index (χ3v) is 20.4. The van der Waals surface area contributed by atoms with E-state index in [-0.39, 0.29) is 23.1 Å². The minimum atomic E-state index is -2.47. The molecule has 1 aliphatic heterocycles. The number of ether oxygens (including phenoxy) is 1. The average Bonchev–Trinajstić information content (AvgIpc) is 3.67. The topological polar surface area (TPSA) is 136 Å². The molecule has 1 fully saturated rings. The predicted molar refractivity (Wildman–Crippen MR) is 222 cm³/mol. The Balaban J connectivity index is 1.76. The number of hydrogen-bond donors (Lipinski definition) is 2. The van der Waals surface area contributed by atoms with Crippen LogP contribution in [0.1, 0.15) is 92.9 Å². The number of aliphatic hydroxyl groups excluding tert-OH is 1. The van der Waals surface area contributed by atoms with E-state index >= 15 is 0 Å². The third kappa shape index (κ3) is 10.8. The molecule has 54 heavy (non-hydrogen) atoms. The number of carbonyl (C=O) groups excluding carboxylic acids is 1. The highest BCUT2D eigenvalue weighted by molar-refractivity contribution is 6.74. The van der Waals surface area contributed by atoms with Crippen molar-refractivity contribution in [3.63, 3.8) is 0 Å². The van der Waals surface area contributed by atoms with Gasteiger partial charge in [0.15, 0.2) is 39.8 Å². The number of hydrogen-bond acceptors (Lipinski definition) is 9. The molecule has 3 heterocycles. The van der Waals surface area contributed by atoms with Crippen LogP contribution in [-0.2, 0) is 24.8 Å². The number of benzene rings is 1. The van der Waals surface area contributed by atoms with Gasteiger partial charge < -0.3 is 28.9 Å². The van der Waals surface area contributed by atoms with Crippen LogP contribution >= 0.6 is 0 Å². The summed E-state index contributed by atoms with van der Waals surface area (Å²) in [7, 11) is -4.69. The van der Waals surface area contributed by atoms with E-state index in [9.17, 15) is 9.90 Å². The molecule has 4 rings (SSSR count). The standard InChI is InChI=1S/C40H67N7O5Si2/c1-13-15-22-46(23-16-14-2)27-44-35-33-36(42-26-41-35)47(28-43-33)38-34(52-54(11,12)40(6,7)8)32(31(51-38)25-50-53(9,10)39(3,4)5)45-37(49)30(48)24-29-20-18-17-19-21-29/h17-21,26-28,30-32,34,38,48H,13-16,22-25H2,1-12H3,(H,45,49)/b44-27-/t30-,31+,32+,34+,38+/m0/s1. The predicted octanol–water partition coefficient (Wildman–Crippen LogP) is 7.79. The van der Waals surface area contributed by atoms with E-state index in [2.05, 4.69) is 102 Å². The molecule has 2 N–H and O–H groups in total. The molecule has 0 aliphatic carbocycles. The van der Waals surface area contributed by atoms with Gasteiger partial charge in [-0.05, 0) is 54.7 Å². The highest BCUT2D eigenvalue weighted by atomic mass is 28.4. The Bertz CT molecular complexity index is 1660. The van der Waals surface area contributed by atoms with E-state index in [4.69, 9.17) is 23.6 Å². The van der Waals surface area contributed by atoms with Gasteiger partial charge in [0, 0.05) is 19.5 Å². The maximum absolute atomic E-state index is 13.9. The molecule has 0 spiro atoms. The van der Waals surface area contributed by atoms with Crippen LogP contribution in [0.5, 0.6) is 0 Å². The number of nitrogens with zero attached hydrogens (tertiary/aromatic N) is 6. The molecule has 5 atom stereocenters. The van der Waals surface area contributed by atoms with Crippen molar-refractivity contribution in [1.29, 1.82) is 0 Å². The number of aromatic nitrogens is 4. The molecule has 1 amide bonds. The Hall–Kier alpha value is -3.02. The van der Waals surface area contributed by atoms with Crippen LogP contribution in [0.15, 0.2) is 48.0 Å². The van der Waals surface area contributed by atoms with Crippen LogP contribution in [0.4, 0.5) is 5.82 Å². The normalized spacial score (nSPS) is 20.5. The van der Waals surface area contributed by atoms with Crippen molar-refractivity contribution in [2.45, 2.75) is 154 Å². The molecule has 1 saturated heterocycles. The number of amides is 1. The number of aliphatic hydroxyl groups is 1. The van der Waals surface area contributed by atoms with E-state index in [1.807, 2.05) is 41.2 Å². The molecule has 0 saturated carbocycles. The van der Waals surface area contributed by atoms with Gasteiger partial charge in [-0.15, -0.1) is 0 Å². The molecule has 2 aromatic heterocycles. The fourth-order valence-corrected chi connectivity index (χ4v) is 8.14. The van der Waals surface area contributed by atoms with E-state index in [1.54, 1.807) is 6.33 Å². The van der Waals surface area contributed by atoms with Gasteiger partial charge >= 0.3 is 0 Å². The second-order valence-corrected chi connectivity index (χ2v) is 27.3. The molecule has 0 radical (unpaired) electrons. The minimum Gasteiger partial charge on any atom is -0.414 e. The first-order valence-electron chi connectivity index (χ1n) is 19.7. The number of carbonyl (C=O) groups is 1. The van der Waals surface area contributed by atoms with Crippen molar-refractivity contribution in [2.24, 2.45) is 4.99 Å². The Morgan fingerprint density at radius 1 is 1.00 bits per heavy atom. The molecular formula is C40H67N7O5Si2. The van der Waals surface area contributed by atoms with Gasteiger partial charge in [-0.3, -0.25) is 9.36 Å². The highest BCUT2D eigenvalue weighted by Crippen LogP contribution is 2.44. The van der Waals surface area contributed by atoms with Crippen LogP contribution in [0, 0.1) is 0 Å². The maximum atomic E-state index is 13.9. The molecule has 0 unspecified atom stereocenters. The Morgan fingerprint density at radius 2 is 1.63 bits per heavy atom. The average molecular weight is 782 g/mol. The summed E-state index contributed by atoms with van der Waals surface area (Å²) in [6, 6.07) is 8.88. The summed E-state index contributed by atoms with van der Waals surface area (Å²) >= 11 is 0. The lowest BCUT2D eigenvalue weighted by molar-refractivity contribution is -0.131. The monoisotopic (exact) mass is 781 g/mol. The highest BCUT2D eigenvalue weighted by Gasteiger charge is 2.53. The van der Waals surface area contributed by atoms with Crippen LogP contribution < -0.4 is 5.32 Å². The van der Waals surface area contributed by atoms with Gasteiger partial charge in [-0.1, -0.05) is 98.6 Å². The molecule has 0 bridgehead atoms. The van der Waals surface area contributed by atoms with Crippen molar-refractivity contribution < 1.29 is 23.5 Å². The molecule has 3 aromatic rings. The first kappa shape index (κ1) is 43.7. The fraction of sp³-hybridized carbons (Fsp3) is 0.675. The first-order chi connectivity index (χ1) is 25.3. The quantitative estimate of drug-likeness (QED) is 0.0753. The number of aliphatic imine (C=N–C) groups is 1. The van der Waals surface area contributed by atoms with Gasteiger partial charge in [0.05, 0.1) is 25.3 Å². The summed E-state index contributed by atoms with van der Waals surface area (Å²) in [4.78, 5) is 34.9. The van der Waals surface area contributed by atoms with Crippen LogP contribution in [0.25, 0.3) is 11.2 Å². The molecular weight excluding hydrogens is 715 g/mol. The number of fused-ring (bicyclic) bond motifs is 1. The number of unbranched alkanes of at least 4 members (excludes halogenated alkanes) is 2. The van der Waals surface area contributed by atoms with Crippen molar-refractivity contribution in [3.05, 3.63) is 48.5 Å². The zero-order chi connectivity index (χ0) is 39.9. The third-order valence-electron chi connectivity index (χ3n) is 11.4. The number of rotatable bonds is 18. The summed E-state index contributed by atoms with van der Waals surface area (Å²) in [6.45, 7) is 28.4. The lowest BCUT2D eigenvalue weighted by atomic mass is 10.0. The summed E-state index contributed by atoms with van der Waals surface area (Å²) in [5.74, 6) is -0.0114. The maximum Gasteiger partial charge on any atom is 0.249 e. The second kappa shape index (κ2) is 18.3.